The molecule has 1 unspecified atom stereocenters. The number of amides is 3. The molecule has 0 radical (unpaired) electrons. The average molecular weight is 409 g/mol. The van der Waals surface area contributed by atoms with Crippen LogP contribution in [0, 0.1) is 5.92 Å². The summed E-state index contributed by atoms with van der Waals surface area (Å²) in [5.41, 5.74) is 1.08. The van der Waals surface area contributed by atoms with E-state index in [0.29, 0.717) is 51.4 Å². The van der Waals surface area contributed by atoms with E-state index in [2.05, 4.69) is 10.6 Å². The number of para-hydroxylation sites is 2. The van der Waals surface area contributed by atoms with Crippen molar-refractivity contribution in [1.29, 1.82) is 0 Å². The first kappa shape index (κ1) is 20.1. The van der Waals surface area contributed by atoms with Gasteiger partial charge in [-0.3, -0.25) is 4.79 Å². The SMILES string of the molecule is O=C(NCc1ccccc1)C1CCN(C(=O)NCC2COc3ccccc3O2)CC1. The fourth-order valence-electron chi connectivity index (χ4n) is 3.75. The molecule has 1 atom stereocenters. The maximum Gasteiger partial charge on any atom is 0.317 e. The highest BCUT2D eigenvalue weighted by Gasteiger charge is 2.28. The van der Waals surface area contributed by atoms with Crippen molar-refractivity contribution in [1.82, 2.24) is 15.5 Å². The number of carbonyl (C=O) groups excluding carboxylic acids is 2. The van der Waals surface area contributed by atoms with Gasteiger partial charge in [-0.05, 0) is 30.5 Å². The van der Waals surface area contributed by atoms with Gasteiger partial charge in [0, 0.05) is 25.6 Å². The summed E-state index contributed by atoms with van der Waals surface area (Å²) in [7, 11) is 0. The van der Waals surface area contributed by atoms with Crippen molar-refractivity contribution in [2.45, 2.75) is 25.5 Å². The van der Waals surface area contributed by atoms with E-state index in [1.807, 2.05) is 54.6 Å². The Hall–Kier alpha value is -3.22. The molecule has 7 nitrogen and oxygen atoms in total. The van der Waals surface area contributed by atoms with E-state index in [1.54, 1.807) is 4.90 Å². The first-order valence-electron chi connectivity index (χ1n) is 10.4. The van der Waals surface area contributed by atoms with Crippen molar-refractivity contribution in [3.05, 3.63) is 60.2 Å². The fourth-order valence-corrected chi connectivity index (χ4v) is 3.75. The zero-order valence-corrected chi connectivity index (χ0v) is 16.9. The minimum atomic E-state index is -0.217. The normalized spacial score (nSPS) is 18.5. The van der Waals surface area contributed by atoms with E-state index in [9.17, 15) is 9.59 Å². The Morgan fingerprint density at radius 1 is 0.933 bits per heavy atom. The van der Waals surface area contributed by atoms with Gasteiger partial charge in [0.15, 0.2) is 17.6 Å². The first-order valence-corrected chi connectivity index (χ1v) is 10.4. The summed E-state index contributed by atoms with van der Waals surface area (Å²) >= 11 is 0. The molecule has 4 rings (SSSR count). The average Bonchev–Trinajstić information content (AvgIpc) is 2.81. The maximum absolute atomic E-state index is 12.5. The molecule has 0 bridgehead atoms. The monoisotopic (exact) mass is 409 g/mol. The van der Waals surface area contributed by atoms with Crippen LogP contribution in [0.15, 0.2) is 54.6 Å². The third-order valence-electron chi connectivity index (χ3n) is 5.51. The van der Waals surface area contributed by atoms with Crippen LogP contribution in [0.5, 0.6) is 11.5 Å². The highest BCUT2D eigenvalue weighted by atomic mass is 16.6. The minimum Gasteiger partial charge on any atom is -0.486 e. The molecule has 0 saturated carbocycles. The van der Waals surface area contributed by atoms with Crippen molar-refractivity contribution in [2.75, 3.05) is 26.2 Å². The third-order valence-corrected chi connectivity index (χ3v) is 5.51. The molecule has 3 amide bonds. The Morgan fingerprint density at radius 3 is 2.40 bits per heavy atom. The summed E-state index contributed by atoms with van der Waals surface area (Å²) in [6, 6.07) is 17.3. The molecule has 2 aromatic rings. The zero-order valence-electron chi connectivity index (χ0n) is 16.9. The van der Waals surface area contributed by atoms with Gasteiger partial charge in [0.1, 0.15) is 6.61 Å². The number of hydrogen-bond donors (Lipinski definition) is 2. The van der Waals surface area contributed by atoms with Crippen molar-refractivity contribution < 1.29 is 19.1 Å². The van der Waals surface area contributed by atoms with Crippen LogP contribution in [-0.2, 0) is 11.3 Å². The quantitative estimate of drug-likeness (QED) is 0.796. The van der Waals surface area contributed by atoms with E-state index in [0.717, 1.165) is 11.3 Å². The standard InChI is InChI=1S/C23H27N3O4/c27-22(24-14-17-6-2-1-3-7-17)18-10-12-26(13-11-18)23(28)25-15-19-16-29-20-8-4-5-9-21(20)30-19/h1-9,18-19H,10-16H2,(H,24,27)(H,25,28). The molecule has 158 valence electrons. The number of ether oxygens (including phenoxy) is 2. The Labute approximate surface area is 176 Å². The number of nitrogens with one attached hydrogen (secondary N) is 2. The van der Waals surface area contributed by atoms with E-state index in [1.165, 1.54) is 0 Å². The van der Waals surface area contributed by atoms with Crippen LogP contribution >= 0.6 is 0 Å². The molecule has 0 aliphatic carbocycles. The topological polar surface area (TPSA) is 79.9 Å². The zero-order chi connectivity index (χ0) is 20.8. The number of piperidine rings is 1. The molecule has 30 heavy (non-hydrogen) atoms. The molecule has 1 saturated heterocycles. The molecule has 2 aliphatic rings. The molecule has 7 heteroatoms. The van der Waals surface area contributed by atoms with Gasteiger partial charge in [0.2, 0.25) is 5.91 Å². The summed E-state index contributed by atoms with van der Waals surface area (Å²) in [5.74, 6) is 1.44. The lowest BCUT2D eigenvalue weighted by Crippen LogP contribution is -2.49. The summed E-state index contributed by atoms with van der Waals surface area (Å²) in [5, 5.41) is 5.93. The molecule has 2 N–H and O–H groups in total. The van der Waals surface area contributed by atoms with Gasteiger partial charge < -0.3 is 25.0 Å². The molecular formula is C23H27N3O4. The van der Waals surface area contributed by atoms with Crippen LogP contribution in [0.1, 0.15) is 18.4 Å². The molecule has 2 heterocycles. The molecule has 0 aromatic heterocycles. The molecule has 2 aromatic carbocycles. The number of urea groups is 1. The number of fused-ring (bicyclic) bond motifs is 1. The molecule has 0 spiro atoms. The molecule has 2 aliphatic heterocycles. The first-order chi connectivity index (χ1) is 14.7. The van der Waals surface area contributed by atoms with Crippen LogP contribution in [-0.4, -0.2) is 49.2 Å². The van der Waals surface area contributed by atoms with Gasteiger partial charge in [-0.1, -0.05) is 42.5 Å². The van der Waals surface area contributed by atoms with Gasteiger partial charge in [-0.25, -0.2) is 4.79 Å². The van der Waals surface area contributed by atoms with Crippen LogP contribution < -0.4 is 20.1 Å². The van der Waals surface area contributed by atoms with Gasteiger partial charge in [-0.15, -0.1) is 0 Å². The van der Waals surface area contributed by atoms with Crippen molar-refractivity contribution in [3.63, 3.8) is 0 Å². The van der Waals surface area contributed by atoms with Crippen molar-refractivity contribution >= 4 is 11.9 Å². The molecule has 1 fully saturated rings. The van der Waals surface area contributed by atoms with Crippen LogP contribution in [0.25, 0.3) is 0 Å². The lowest BCUT2D eigenvalue weighted by atomic mass is 9.96. The smallest absolute Gasteiger partial charge is 0.317 e. The summed E-state index contributed by atoms with van der Waals surface area (Å²) in [6.45, 7) is 2.46. The highest BCUT2D eigenvalue weighted by Crippen LogP contribution is 2.30. The van der Waals surface area contributed by atoms with Gasteiger partial charge in [0.05, 0.1) is 6.54 Å². The van der Waals surface area contributed by atoms with Gasteiger partial charge >= 0.3 is 6.03 Å². The number of benzene rings is 2. The number of likely N-dealkylation sites (tertiary alicyclic amines) is 1. The highest BCUT2D eigenvalue weighted by molar-refractivity contribution is 5.79. The minimum absolute atomic E-state index is 0.0515. The number of hydrogen-bond acceptors (Lipinski definition) is 4. The Kier molecular flexibility index (Phi) is 6.37. The van der Waals surface area contributed by atoms with Crippen molar-refractivity contribution in [3.8, 4) is 11.5 Å². The van der Waals surface area contributed by atoms with Crippen LogP contribution in [0.4, 0.5) is 4.79 Å². The number of rotatable bonds is 5. The second kappa shape index (κ2) is 9.52. The lowest BCUT2D eigenvalue weighted by molar-refractivity contribution is -0.126. The van der Waals surface area contributed by atoms with E-state index in [4.69, 9.17) is 9.47 Å². The molecular weight excluding hydrogens is 382 g/mol. The third kappa shape index (κ3) is 5.03. The summed E-state index contributed by atoms with van der Waals surface area (Å²) in [6.07, 6.45) is 1.12. The van der Waals surface area contributed by atoms with E-state index in [-0.39, 0.29) is 24.0 Å². The van der Waals surface area contributed by atoms with Crippen molar-refractivity contribution in [2.24, 2.45) is 5.92 Å². The summed E-state index contributed by atoms with van der Waals surface area (Å²) in [4.78, 5) is 26.7. The number of carbonyl (C=O) groups is 2. The fraction of sp³-hybridized carbons (Fsp3) is 0.391. The second-order valence-corrected chi connectivity index (χ2v) is 7.65. The van der Waals surface area contributed by atoms with Crippen LogP contribution in [0.3, 0.4) is 0 Å². The Bertz CT molecular complexity index is 866. The maximum atomic E-state index is 12.5. The number of nitrogens with zero attached hydrogens (tertiary/aromatic N) is 1. The Morgan fingerprint density at radius 2 is 1.63 bits per heavy atom. The predicted molar refractivity (Wildman–Crippen MR) is 112 cm³/mol. The lowest BCUT2D eigenvalue weighted by Gasteiger charge is -2.32. The van der Waals surface area contributed by atoms with Gasteiger partial charge in [0.25, 0.3) is 0 Å². The predicted octanol–water partition coefficient (Wildman–Crippen LogP) is 2.56. The summed E-state index contributed by atoms with van der Waals surface area (Å²) < 4.78 is 11.5. The second-order valence-electron chi connectivity index (χ2n) is 7.65. The largest absolute Gasteiger partial charge is 0.486 e. The van der Waals surface area contributed by atoms with E-state index >= 15 is 0 Å². The van der Waals surface area contributed by atoms with Gasteiger partial charge in [-0.2, -0.15) is 0 Å². The van der Waals surface area contributed by atoms with Crippen LogP contribution in [0.2, 0.25) is 0 Å². The van der Waals surface area contributed by atoms with E-state index < -0.39 is 0 Å². The Balaban J connectivity index is 1.17.